The second-order valence-electron chi connectivity index (χ2n) is 6.95. The molecule has 0 bridgehead atoms. The van der Waals surface area contributed by atoms with Gasteiger partial charge in [0.25, 0.3) is 11.8 Å². The molecule has 2 amide bonds. The van der Waals surface area contributed by atoms with E-state index in [1.807, 2.05) is 19.1 Å². The summed E-state index contributed by atoms with van der Waals surface area (Å²) in [5.74, 6) is -1.83. The number of anilines is 1. The van der Waals surface area contributed by atoms with Gasteiger partial charge in [-0.05, 0) is 67.2 Å². The molecular weight excluding hydrogens is 452 g/mol. The van der Waals surface area contributed by atoms with Crippen LogP contribution in [0.25, 0.3) is 17.4 Å². The van der Waals surface area contributed by atoms with Crippen molar-refractivity contribution in [2.24, 2.45) is 0 Å². The summed E-state index contributed by atoms with van der Waals surface area (Å²) in [4.78, 5) is 38.1. The van der Waals surface area contributed by atoms with Gasteiger partial charge < -0.3 is 9.52 Å². The number of aryl methyl sites for hydroxylation is 1. The second-order valence-corrected chi connectivity index (χ2v) is 7.74. The number of aromatic carboxylic acids is 1. The first-order chi connectivity index (χ1) is 15.3. The largest absolute Gasteiger partial charge is 0.478 e. The number of carbonyl (C=O) groups excluding carboxylic acids is 2. The molecule has 0 aliphatic carbocycles. The van der Waals surface area contributed by atoms with Crippen molar-refractivity contribution < 1.29 is 23.9 Å². The van der Waals surface area contributed by atoms with E-state index in [9.17, 15) is 19.5 Å². The topological polar surface area (TPSA) is 99.8 Å². The van der Waals surface area contributed by atoms with Crippen molar-refractivity contribution in [2.75, 3.05) is 4.90 Å². The van der Waals surface area contributed by atoms with Gasteiger partial charge in [-0.2, -0.15) is 0 Å². The minimum absolute atomic E-state index is 0.0103. The molecule has 160 valence electrons. The van der Waals surface area contributed by atoms with Crippen molar-refractivity contribution >= 4 is 58.5 Å². The van der Waals surface area contributed by atoms with E-state index in [1.54, 1.807) is 24.3 Å². The number of thiocarbonyl (C=S) groups is 1. The first-order valence-corrected chi connectivity index (χ1v) is 10.1. The summed E-state index contributed by atoms with van der Waals surface area (Å²) in [7, 11) is 0. The maximum Gasteiger partial charge on any atom is 0.335 e. The maximum absolute atomic E-state index is 13.1. The summed E-state index contributed by atoms with van der Waals surface area (Å²) >= 11 is 11.4. The molecule has 2 N–H and O–H groups in total. The number of furan rings is 1. The van der Waals surface area contributed by atoms with Gasteiger partial charge in [0.05, 0.1) is 16.3 Å². The summed E-state index contributed by atoms with van der Waals surface area (Å²) in [5, 5.41) is 12.0. The Morgan fingerprint density at radius 2 is 1.91 bits per heavy atom. The first kappa shape index (κ1) is 21.5. The summed E-state index contributed by atoms with van der Waals surface area (Å²) in [6.45, 7) is 1.83. The number of amides is 2. The molecule has 0 saturated carbocycles. The summed E-state index contributed by atoms with van der Waals surface area (Å²) in [6.07, 6.45) is 1.31. The highest BCUT2D eigenvalue weighted by molar-refractivity contribution is 7.80. The lowest BCUT2D eigenvalue weighted by atomic mass is 10.1. The Bertz CT molecular complexity index is 1330. The van der Waals surface area contributed by atoms with E-state index in [0.29, 0.717) is 22.0 Å². The molecule has 0 unspecified atom stereocenters. The number of benzene rings is 2. The van der Waals surface area contributed by atoms with Crippen LogP contribution in [0.3, 0.4) is 0 Å². The van der Waals surface area contributed by atoms with Crippen LogP contribution in [-0.2, 0) is 9.59 Å². The van der Waals surface area contributed by atoms with E-state index in [-0.39, 0.29) is 22.0 Å². The van der Waals surface area contributed by atoms with Crippen LogP contribution in [0.15, 0.2) is 64.6 Å². The third-order valence-electron chi connectivity index (χ3n) is 4.85. The van der Waals surface area contributed by atoms with Crippen LogP contribution in [0.4, 0.5) is 5.69 Å². The summed E-state index contributed by atoms with van der Waals surface area (Å²) < 4.78 is 5.74. The van der Waals surface area contributed by atoms with Crippen LogP contribution in [0.5, 0.6) is 0 Å². The highest BCUT2D eigenvalue weighted by Gasteiger charge is 2.35. The van der Waals surface area contributed by atoms with Gasteiger partial charge >= 0.3 is 5.97 Å². The lowest BCUT2D eigenvalue weighted by Crippen LogP contribution is -2.54. The minimum atomic E-state index is -1.10. The Hall–Kier alpha value is -3.75. The van der Waals surface area contributed by atoms with Crippen molar-refractivity contribution in [2.45, 2.75) is 6.92 Å². The van der Waals surface area contributed by atoms with Crippen LogP contribution in [-0.4, -0.2) is 28.0 Å². The van der Waals surface area contributed by atoms with Gasteiger partial charge in [0.2, 0.25) is 0 Å². The lowest BCUT2D eigenvalue weighted by Gasteiger charge is -2.29. The van der Waals surface area contributed by atoms with E-state index < -0.39 is 17.8 Å². The smallest absolute Gasteiger partial charge is 0.335 e. The number of rotatable bonds is 4. The Morgan fingerprint density at radius 1 is 1.16 bits per heavy atom. The van der Waals surface area contributed by atoms with Crippen molar-refractivity contribution in [1.82, 2.24) is 5.32 Å². The van der Waals surface area contributed by atoms with Crippen molar-refractivity contribution in [3.8, 4) is 11.3 Å². The zero-order valence-electron chi connectivity index (χ0n) is 16.6. The fourth-order valence-electron chi connectivity index (χ4n) is 3.26. The van der Waals surface area contributed by atoms with Gasteiger partial charge in [-0.3, -0.25) is 19.8 Å². The maximum atomic E-state index is 13.1. The number of carbonyl (C=O) groups is 3. The van der Waals surface area contributed by atoms with Crippen LogP contribution >= 0.6 is 23.8 Å². The van der Waals surface area contributed by atoms with Gasteiger partial charge in [0, 0.05) is 5.56 Å². The standard InChI is InChI=1S/C23H15ClN2O5S/c1-12-4-2-3-5-18(12)26-21(28)16(20(27)25-23(26)32)11-14-7-9-19(31-14)15-10-13(22(29)30)6-8-17(15)24/h2-11H,1H3,(H,29,30)(H,25,27,32)/b16-11+. The number of halogens is 1. The van der Waals surface area contributed by atoms with Gasteiger partial charge in [-0.25, -0.2) is 4.79 Å². The molecule has 9 heteroatoms. The zero-order chi connectivity index (χ0) is 23.0. The number of carboxylic acid groups (broad SMARTS) is 1. The zero-order valence-corrected chi connectivity index (χ0v) is 18.2. The van der Waals surface area contributed by atoms with Crippen LogP contribution in [0, 0.1) is 6.92 Å². The van der Waals surface area contributed by atoms with Crippen LogP contribution in [0.2, 0.25) is 5.02 Å². The normalized spacial score (nSPS) is 15.2. The number of nitrogens with one attached hydrogen (secondary N) is 1. The van der Waals surface area contributed by atoms with E-state index in [4.69, 9.17) is 28.2 Å². The van der Waals surface area contributed by atoms with Crippen LogP contribution < -0.4 is 10.2 Å². The fourth-order valence-corrected chi connectivity index (χ4v) is 3.74. The van der Waals surface area contributed by atoms with Crippen LogP contribution in [0.1, 0.15) is 21.7 Å². The Morgan fingerprint density at radius 3 is 2.62 bits per heavy atom. The van der Waals surface area contributed by atoms with Gasteiger partial charge in [-0.15, -0.1) is 0 Å². The Kier molecular flexibility index (Phi) is 5.65. The van der Waals surface area contributed by atoms with E-state index in [0.717, 1.165) is 5.56 Å². The molecule has 4 rings (SSSR count). The van der Waals surface area contributed by atoms with Crippen molar-refractivity contribution in [3.63, 3.8) is 0 Å². The highest BCUT2D eigenvalue weighted by atomic mass is 35.5. The minimum Gasteiger partial charge on any atom is -0.478 e. The molecule has 0 spiro atoms. The lowest BCUT2D eigenvalue weighted by molar-refractivity contribution is -0.122. The predicted octanol–water partition coefficient (Wildman–Crippen LogP) is 4.44. The summed E-state index contributed by atoms with van der Waals surface area (Å²) in [6, 6.07) is 14.5. The predicted molar refractivity (Wildman–Crippen MR) is 123 cm³/mol. The quantitative estimate of drug-likeness (QED) is 0.335. The molecule has 7 nitrogen and oxygen atoms in total. The molecule has 1 aliphatic rings. The molecule has 3 aromatic rings. The number of hydrogen-bond acceptors (Lipinski definition) is 5. The molecule has 0 atom stereocenters. The second kappa shape index (κ2) is 8.41. The van der Waals surface area contributed by atoms with E-state index >= 15 is 0 Å². The fraction of sp³-hybridized carbons (Fsp3) is 0.0435. The number of carboxylic acids is 1. The van der Waals surface area contributed by atoms with E-state index in [1.165, 1.54) is 29.2 Å². The average Bonchev–Trinajstić information content (AvgIpc) is 3.21. The molecular formula is C23H15ClN2O5S. The van der Waals surface area contributed by atoms with Crippen molar-refractivity contribution in [3.05, 3.63) is 82.1 Å². The Balaban J connectivity index is 1.71. The average molecular weight is 467 g/mol. The third kappa shape index (κ3) is 3.93. The molecule has 1 aromatic heterocycles. The molecule has 2 aromatic carbocycles. The van der Waals surface area contributed by atoms with Gasteiger partial charge in [0.1, 0.15) is 17.1 Å². The monoisotopic (exact) mass is 466 g/mol. The van der Waals surface area contributed by atoms with Crippen molar-refractivity contribution in [1.29, 1.82) is 0 Å². The highest BCUT2D eigenvalue weighted by Crippen LogP contribution is 2.32. The van der Waals surface area contributed by atoms with Gasteiger partial charge in [0.15, 0.2) is 5.11 Å². The molecule has 1 saturated heterocycles. The number of nitrogens with zero attached hydrogens (tertiary/aromatic N) is 1. The van der Waals surface area contributed by atoms with E-state index in [2.05, 4.69) is 5.32 Å². The molecule has 1 aliphatic heterocycles. The molecule has 2 heterocycles. The number of hydrogen-bond donors (Lipinski definition) is 2. The molecule has 0 radical (unpaired) electrons. The molecule has 1 fully saturated rings. The third-order valence-corrected chi connectivity index (χ3v) is 5.46. The first-order valence-electron chi connectivity index (χ1n) is 9.36. The Labute approximate surface area is 192 Å². The summed E-state index contributed by atoms with van der Waals surface area (Å²) in [5.41, 5.74) is 1.63. The number of para-hydroxylation sites is 1. The SMILES string of the molecule is Cc1ccccc1N1C(=O)/C(=C/c2ccc(-c3cc(C(=O)O)ccc3Cl)o2)C(=O)NC1=S. The van der Waals surface area contributed by atoms with Gasteiger partial charge in [-0.1, -0.05) is 29.8 Å². The molecule has 32 heavy (non-hydrogen) atoms.